The van der Waals surface area contributed by atoms with Gasteiger partial charge in [0.1, 0.15) is 6.07 Å². The molecule has 0 aliphatic heterocycles. The molecular weight excluding hydrogens is 250 g/mol. The predicted molar refractivity (Wildman–Crippen MR) is 72.6 cm³/mol. The maximum atomic E-state index is 11.4. The van der Waals surface area contributed by atoms with E-state index in [0.29, 0.717) is 35.7 Å². The molecule has 1 N–H and O–H groups in total. The van der Waals surface area contributed by atoms with E-state index in [1.165, 1.54) is 0 Å². The number of hydrogen-bond acceptors (Lipinski definition) is 3. The van der Waals surface area contributed by atoms with Crippen LogP contribution in [0.2, 0.25) is 5.02 Å². The second kappa shape index (κ2) is 6.87. The molecule has 96 valence electrons. The average molecular weight is 266 g/mol. The highest BCUT2D eigenvalue weighted by atomic mass is 35.5. The van der Waals surface area contributed by atoms with Crippen molar-refractivity contribution < 1.29 is 4.79 Å². The molecule has 0 bridgehead atoms. The SMILES string of the molecule is CN(C)C(=O)CCCNc1cc(Cl)ccc1C#N. The first-order valence-corrected chi connectivity index (χ1v) is 6.06. The van der Waals surface area contributed by atoms with Gasteiger partial charge < -0.3 is 10.2 Å². The second-order valence-corrected chi connectivity index (χ2v) is 4.56. The summed E-state index contributed by atoms with van der Waals surface area (Å²) in [6, 6.07) is 7.17. The van der Waals surface area contributed by atoms with Gasteiger partial charge >= 0.3 is 0 Å². The van der Waals surface area contributed by atoms with Crippen molar-refractivity contribution >= 4 is 23.2 Å². The van der Waals surface area contributed by atoms with Gasteiger partial charge in [0.05, 0.1) is 11.3 Å². The van der Waals surface area contributed by atoms with Crippen molar-refractivity contribution in [3.05, 3.63) is 28.8 Å². The fourth-order valence-electron chi connectivity index (χ4n) is 1.45. The first kappa shape index (κ1) is 14.3. The van der Waals surface area contributed by atoms with Crippen molar-refractivity contribution in [2.24, 2.45) is 0 Å². The van der Waals surface area contributed by atoms with Crippen LogP contribution in [0.4, 0.5) is 5.69 Å². The number of carbonyl (C=O) groups is 1. The molecule has 0 spiro atoms. The molecule has 0 saturated carbocycles. The Morgan fingerprint density at radius 1 is 1.50 bits per heavy atom. The van der Waals surface area contributed by atoms with E-state index >= 15 is 0 Å². The molecular formula is C13H16ClN3O. The van der Waals surface area contributed by atoms with Gasteiger partial charge in [-0.15, -0.1) is 0 Å². The van der Waals surface area contributed by atoms with Crippen LogP contribution in [0, 0.1) is 11.3 Å². The van der Waals surface area contributed by atoms with Crippen LogP contribution in [0.3, 0.4) is 0 Å². The number of nitrogens with one attached hydrogen (secondary N) is 1. The molecule has 0 unspecified atom stereocenters. The summed E-state index contributed by atoms with van der Waals surface area (Å²) in [6.07, 6.45) is 1.21. The van der Waals surface area contributed by atoms with Crippen molar-refractivity contribution in [2.45, 2.75) is 12.8 Å². The Labute approximate surface area is 112 Å². The van der Waals surface area contributed by atoms with Gasteiger partial charge in [-0.1, -0.05) is 11.6 Å². The summed E-state index contributed by atoms with van der Waals surface area (Å²) in [6.45, 7) is 0.634. The minimum Gasteiger partial charge on any atom is -0.384 e. The minimum atomic E-state index is 0.100. The molecule has 1 rings (SSSR count). The van der Waals surface area contributed by atoms with E-state index in [1.54, 1.807) is 37.2 Å². The van der Waals surface area contributed by atoms with E-state index in [1.807, 2.05) is 0 Å². The zero-order chi connectivity index (χ0) is 13.5. The van der Waals surface area contributed by atoms with E-state index in [2.05, 4.69) is 11.4 Å². The smallest absolute Gasteiger partial charge is 0.222 e. The highest BCUT2D eigenvalue weighted by Gasteiger charge is 2.05. The zero-order valence-corrected chi connectivity index (χ0v) is 11.3. The lowest BCUT2D eigenvalue weighted by Crippen LogP contribution is -2.22. The molecule has 0 radical (unpaired) electrons. The molecule has 1 amide bonds. The average Bonchev–Trinajstić information content (AvgIpc) is 2.34. The molecule has 0 aliphatic rings. The number of halogens is 1. The maximum Gasteiger partial charge on any atom is 0.222 e. The lowest BCUT2D eigenvalue weighted by atomic mass is 10.2. The van der Waals surface area contributed by atoms with Crippen LogP contribution in [0.5, 0.6) is 0 Å². The molecule has 5 heteroatoms. The van der Waals surface area contributed by atoms with E-state index < -0.39 is 0 Å². The van der Waals surface area contributed by atoms with Crippen LogP contribution in [0.15, 0.2) is 18.2 Å². The highest BCUT2D eigenvalue weighted by molar-refractivity contribution is 6.30. The van der Waals surface area contributed by atoms with Crippen LogP contribution in [-0.2, 0) is 4.79 Å². The Kier molecular flexibility index (Phi) is 5.47. The molecule has 1 aromatic rings. The molecule has 4 nitrogen and oxygen atoms in total. The zero-order valence-electron chi connectivity index (χ0n) is 10.5. The molecule has 0 aromatic heterocycles. The van der Waals surface area contributed by atoms with Crippen molar-refractivity contribution in [3.63, 3.8) is 0 Å². The third kappa shape index (κ3) is 4.27. The van der Waals surface area contributed by atoms with Gasteiger partial charge in [0.25, 0.3) is 0 Å². The van der Waals surface area contributed by atoms with E-state index in [0.717, 1.165) is 0 Å². The molecule has 0 saturated heterocycles. The second-order valence-electron chi connectivity index (χ2n) is 4.12. The Morgan fingerprint density at radius 3 is 2.83 bits per heavy atom. The van der Waals surface area contributed by atoms with Crippen LogP contribution in [0.25, 0.3) is 0 Å². The fraction of sp³-hybridized carbons (Fsp3) is 0.385. The Balaban J connectivity index is 2.47. The van der Waals surface area contributed by atoms with Gasteiger partial charge in [0, 0.05) is 32.1 Å². The summed E-state index contributed by atoms with van der Waals surface area (Å²) in [7, 11) is 3.47. The van der Waals surface area contributed by atoms with Gasteiger partial charge in [-0.3, -0.25) is 4.79 Å². The maximum absolute atomic E-state index is 11.4. The molecule has 0 heterocycles. The van der Waals surface area contributed by atoms with Gasteiger partial charge in [-0.2, -0.15) is 5.26 Å². The molecule has 0 fully saturated rings. The topological polar surface area (TPSA) is 56.1 Å². The molecule has 1 aromatic carbocycles. The lowest BCUT2D eigenvalue weighted by molar-refractivity contribution is -0.128. The predicted octanol–water partition coefficient (Wildman–Crippen LogP) is 2.49. The normalized spacial score (nSPS) is 9.67. The largest absolute Gasteiger partial charge is 0.384 e. The van der Waals surface area contributed by atoms with Crippen molar-refractivity contribution in [1.82, 2.24) is 4.90 Å². The number of carbonyl (C=O) groups excluding carboxylic acids is 1. The van der Waals surface area contributed by atoms with Crippen LogP contribution in [0.1, 0.15) is 18.4 Å². The van der Waals surface area contributed by atoms with Crippen LogP contribution < -0.4 is 5.32 Å². The van der Waals surface area contributed by atoms with Crippen LogP contribution in [-0.4, -0.2) is 31.4 Å². The molecule has 18 heavy (non-hydrogen) atoms. The van der Waals surface area contributed by atoms with Crippen molar-refractivity contribution in [3.8, 4) is 6.07 Å². The van der Waals surface area contributed by atoms with Gasteiger partial charge in [-0.25, -0.2) is 0 Å². The number of benzene rings is 1. The summed E-state index contributed by atoms with van der Waals surface area (Å²) in [4.78, 5) is 12.9. The lowest BCUT2D eigenvalue weighted by Gasteiger charge is -2.11. The summed E-state index contributed by atoms with van der Waals surface area (Å²) < 4.78 is 0. The number of amides is 1. The molecule has 0 aliphatic carbocycles. The summed E-state index contributed by atoms with van der Waals surface area (Å²) in [5.74, 6) is 0.100. The van der Waals surface area contributed by atoms with Crippen molar-refractivity contribution in [2.75, 3.05) is 26.0 Å². The first-order valence-electron chi connectivity index (χ1n) is 5.68. The summed E-state index contributed by atoms with van der Waals surface area (Å²) >= 11 is 5.87. The van der Waals surface area contributed by atoms with Gasteiger partial charge in [0.15, 0.2) is 0 Å². The first-order chi connectivity index (χ1) is 8.54. The Bertz CT molecular complexity index is 466. The Hall–Kier alpha value is -1.73. The van der Waals surface area contributed by atoms with E-state index in [-0.39, 0.29) is 5.91 Å². The standard InChI is InChI=1S/C13H16ClN3O/c1-17(2)13(18)4-3-7-16-12-8-11(14)6-5-10(12)9-15/h5-6,8,16H,3-4,7H2,1-2H3. The monoisotopic (exact) mass is 265 g/mol. The van der Waals surface area contributed by atoms with E-state index in [9.17, 15) is 4.79 Å². The summed E-state index contributed by atoms with van der Waals surface area (Å²) in [5.41, 5.74) is 1.26. The number of nitrogens with zero attached hydrogens (tertiary/aromatic N) is 2. The Morgan fingerprint density at radius 2 is 2.22 bits per heavy atom. The third-order valence-electron chi connectivity index (χ3n) is 2.48. The minimum absolute atomic E-state index is 0.100. The van der Waals surface area contributed by atoms with Gasteiger partial charge in [-0.05, 0) is 24.6 Å². The molecule has 0 atom stereocenters. The fourth-order valence-corrected chi connectivity index (χ4v) is 1.62. The van der Waals surface area contributed by atoms with Crippen LogP contribution >= 0.6 is 11.6 Å². The number of hydrogen-bond donors (Lipinski definition) is 1. The number of rotatable bonds is 5. The van der Waals surface area contributed by atoms with Gasteiger partial charge in [0.2, 0.25) is 5.91 Å². The quantitative estimate of drug-likeness (QED) is 0.832. The number of anilines is 1. The van der Waals surface area contributed by atoms with Crippen molar-refractivity contribution in [1.29, 1.82) is 5.26 Å². The summed E-state index contributed by atoms with van der Waals surface area (Å²) in [5, 5.41) is 12.6. The highest BCUT2D eigenvalue weighted by Crippen LogP contribution is 2.20. The van der Waals surface area contributed by atoms with E-state index in [4.69, 9.17) is 16.9 Å². The number of nitriles is 1. The third-order valence-corrected chi connectivity index (χ3v) is 2.72.